The maximum absolute atomic E-state index is 12.9. The van der Waals surface area contributed by atoms with E-state index < -0.39 is 5.97 Å². The third-order valence-electron chi connectivity index (χ3n) is 20.6. The van der Waals surface area contributed by atoms with Gasteiger partial charge in [0, 0.05) is 6.07 Å². The summed E-state index contributed by atoms with van der Waals surface area (Å²) in [5.41, 5.74) is 1.80. The molecule has 594 valence electrons. The minimum Gasteiger partial charge on any atom is -0.490 e. The van der Waals surface area contributed by atoms with Crippen LogP contribution in [-0.2, 0) is 13.2 Å². The lowest BCUT2D eigenvalue weighted by Crippen LogP contribution is -2.08. The standard InChI is InChI=1S/C93H162O10/c1-7-13-19-25-31-37-43-49-55-61-67-96-87-73-82(74-88(97-68-62-56-50-44-38-32-26-20-14-8-2)91(87)100-71-65-59-53-47-41-35-29-23-17-11-5)80-102-85-77-84(93(94)95)78-86(79-85)103-81-83-75-89(98-69-63-57-51-45-39-33-27-21-15-9-3)92(101-72-66-60-54-48-42-36-30-24-18-12-6)90(76-83)99-70-64-58-52-46-40-34-28-22-16-10-4/h73-79H,7-72,80-81H2,1-6H3,(H,94,95). The molecule has 1 N–H and O–H groups in total. The maximum Gasteiger partial charge on any atom is 0.335 e. The van der Waals surface area contributed by atoms with Gasteiger partial charge in [-0.05, 0) is 86.1 Å². The van der Waals surface area contributed by atoms with Crippen LogP contribution in [0.3, 0.4) is 0 Å². The second-order valence-corrected chi connectivity index (χ2v) is 30.6. The number of carboxylic acid groups (broad SMARTS) is 1. The predicted octanol–water partition coefficient (Wildman–Crippen LogP) is 30.3. The van der Waals surface area contributed by atoms with E-state index in [1.807, 2.05) is 24.3 Å². The quantitative estimate of drug-likeness (QED) is 0.0549. The van der Waals surface area contributed by atoms with Crippen molar-refractivity contribution in [2.75, 3.05) is 39.6 Å². The van der Waals surface area contributed by atoms with Crippen molar-refractivity contribution >= 4 is 5.97 Å². The summed E-state index contributed by atoms with van der Waals surface area (Å²) in [5, 5.41) is 10.6. The number of hydrogen-bond donors (Lipinski definition) is 1. The molecule has 10 heteroatoms. The van der Waals surface area contributed by atoms with E-state index in [9.17, 15) is 9.90 Å². The third-order valence-corrected chi connectivity index (χ3v) is 20.6. The van der Waals surface area contributed by atoms with Crippen LogP contribution in [-0.4, -0.2) is 50.7 Å². The lowest BCUT2D eigenvalue weighted by atomic mass is 10.1. The van der Waals surface area contributed by atoms with E-state index in [4.69, 9.17) is 37.9 Å². The average molecular weight is 1440 g/mol. The van der Waals surface area contributed by atoms with Gasteiger partial charge in [-0.3, -0.25) is 0 Å². The molecule has 0 aliphatic rings. The van der Waals surface area contributed by atoms with Crippen molar-refractivity contribution in [2.24, 2.45) is 0 Å². The fraction of sp³-hybridized carbons (Fsp3) is 0.796. The van der Waals surface area contributed by atoms with Gasteiger partial charge >= 0.3 is 5.97 Å². The Kier molecular flexibility index (Phi) is 62.4. The third kappa shape index (κ3) is 51.4. The summed E-state index contributed by atoms with van der Waals surface area (Å²) in [7, 11) is 0. The molecular formula is C93H162O10. The Morgan fingerprint density at radius 3 is 0.583 bits per heavy atom. The Balaban J connectivity index is 1.93. The van der Waals surface area contributed by atoms with Gasteiger partial charge in [0.25, 0.3) is 0 Å². The highest BCUT2D eigenvalue weighted by atomic mass is 16.6. The Labute approximate surface area is 635 Å². The fourth-order valence-electron chi connectivity index (χ4n) is 14.0. The first-order valence-electron chi connectivity index (χ1n) is 44.6. The molecule has 3 rings (SSSR count). The van der Waals surface area contributed by atoms with Crippen LogP contribution in [0.15, 0.2) is 42.5 Å². The van der Waals surface area contributed by atoms with Crippen LogP contribution in [0.2, 0.25) is 0 Å². The second-order valence-electron chi connectivity index (χ2n) is 30.6. The number of rotatable bonds is 79. The summed E-state index contributed by atoms with van der Waals surface area (Å²) in [6, 6.07) is 13.2. The van der Waals surface area contributed by atoms with Crippen molar-refractivity contribution in [1.82, 2.24) is 0 Å². The first-order chi connectivity index (χ1) is 50.9. The molecule has 0 atom stereocenters. The van der Waals surface area contributed by atoms with Crippen molar-refractivity contribution in [3.63, 3.8) is 0 Å². The van der Waals surface area contributed by atoms with E-state index in [1.54, 1.807) is 18.2 Å². The first kappa shape index (κ1) is 92.7. The summed E-state index contributed by atoms with van der Waals surface area (Å²) >= 11 is 0. The molecule has 0 heterocycles. The van der Waals surface area contributed by atoms with Gasteiger partial charge in [0.2, 0.25) is 11.5 Å². The lowest BCUT2D eigenvalue weighted by molar-refractivity contribution is 0.0695. The van der Waals surface area contributed by atoms with Gasteiger partial charge in [-0.15, -0.1) is 0 Å². The highest BCUT2D eigenvalue weighted by molar-refractivity contribution is 5.88. The lowest BCUT2D eigenvalue weighted by Gasteiger charge is -2.20. The van der Waals surface area contributed by atoms with E-state index in [0.29, 0.717) is 85.6 Å². The van der Waals surface area contributed by atoms with Crippen molar-refractivity contribution in [2.45, 2.75) is 440 Å². The molecule has 0 amide bonds. The fourth-order valence-corrected chi connectivity index (χ4v) is 14.0. The zero-order valence-corrected chi connectivity index (χ0v) is 68.2. The van der Waals surface area contributed by atoms with Crippen molar-refractivity contribution < 1.29 is 47.8 Å². The molecule has 0 bridgehead atoms. The van der Waals surface area contributed by atoms with Gasteiger partial charge in [-0.2, -0.15) is 0 Å². The zero-order valence-electron chi connectivity index (χ0n) is 68.2. The number of aromatic carboxylic acids is 1. The molecule has 0 aliphatic carbocycles. The summed E-state index contributed by atoms with van der Waals surface area (Å²) in [5.74, 6) is 3.81. The van der Waals surface area contributed by atoms with Gasteiger partial charge in [0.1, 0.15) is 24.7 Å². The minimum atomic E-state index is -1.06. The van der Waals surface area contributed by atoms with Crippen LogP contribution in [0.5, 0.6) is 46.0 Å². The monoisotopic (exact) mass is 1440 g/mol. The van der Waals surface area contributed by atoms with Crippen LogP contribution in [0, 0.1) is 0 Å². The molecule has 0 saturated carbocycles. The van der Waals surface area contributed by atoms with Crippen LogP contribution < -0.4 is 37.9 Å². The first-order valence-corrected chi connectivity index (χ1v) is 44.6. The summed E-state index contributed by atoms with van der Waals surface area (Å²) < 4.78 is 53.8. The highest BCUT2D eigenvalue weighted by Crippen LogP contribution is 2.42. The molecule has 3 aromatic rings. The number of carbonyl (C=O) groups is 1. The van der Waals surface area contributed by atoms with E-state index >= 15 is 0 Å². The Bertz CT molecular complexity index is 2120. The number of unbranched alkanes of at least 4 members (excludes halogenated alkanes) is 54. The van der Waals surface area contributed by atoms with Crippen LogP contribution >= 0.6 is 0 Å². The molecule has 0 saturated heterocycles. The van der Waals surface area contributed by atoms with E-state index in [0.717, 1.165) is 88.2 Å². The van der Waals surface area contributed by atoms with Crippen LogP contribution in [0.4, 0.5) is 0 Å². The summed E-state index contributed by atoms with van der Waals surface area (Å²) in [6.45, 7) is 17.6. The zero-order chi connectivity index (χ0) is 73.6. The van der Waals surface area contributed by atoms with Crippen LogP contribution in [0.1, 0.15) is 448 Å². The van der Waals surface area contributed by atoms with Crippen molar-refractivity contribution in [1.29, 1.82) is 0 Å². The van der Waals surface area contributed by atoms with Crippen molar-refractivity contribution in [3.05, 3.63) is 59.2 Å². The van der Waals surface area contributed by atoms with E-state index in [-0.39, 0.29) is 18.8 Å². The topological polar surface area (TPSA) is 111 Å². The number of hydrogen-bond acceptors (Lipinski definition) is 9. The van der Waals surface area contributed by atoms with E-state index in [1.165, 1.54) is 308 Å². The van der Waals surface area contributed by atoms with Gasteiger partial charge in [-0.25, -0.2) is 4.79 Å². The highest BCUT2D eigenvalue weighted by Gasteiger charge is 2.20. The minimum absolute atomic E-state index is 0.0843. The van der Waals surface area contributed by atoms with Gasteiger partial charge in [0.15, 0.2) is 23.0 Å². The largest absolute Gasteiger partial charge is 0.490 e. The average Bonchev–Trinajstić information content (AvgIpc) is 0.823. The Hall–Kier alpha value is -4.47. The van der Waals surface area contributed by atoms with Gasteiger partial charge in [0.05, 0.1) is 45.2 Å². The normalized spacial score (nSPS) is 11.4. The molecule has 0 radical (unpaired) electrons. The van der Waals surface area contributed by atoms with E-state index in [2.05, 4.69) is 41.5 Å². The van der Waals surface area contributed by atoms with Crippen molar-refractivity contribution in [3.8, 4) is 46.0 Å². The predicted molar refractivity (Wildman–Crippen MR) is 439 cm³/mol. The molecule has 0 unspecified atom stereocenters. The molecular weight excluding hydrogens is 1280 g/mol. The summed E-state index contributed by atoms with van der Waals surface area (Å²) in [6.07, 6.45) is 75.4. The molecule has 103 heavy (non-hydrogen) atoms. The molecule has 3 aromatic carbocycles. The smallest absolute Gasteiger partial charge is 0.335 e. The summed E-state index contributed by atoms with van der Waals surface area (Å²) in [4.78, 5) is 12.9. The van der Waals surface area contributed by atoms with Gasteiger partial charge in [-0.1, -0.05) is 388 Å². The Morgan fingerprint density at radius 1 is 0.223 bits per heavy atom. The Morgan fingerprint density at radius 2 is 0.398 bits per heavy atom. The molecule has 10 nitrogen and oxygen atoms in total. The number of ether oxygens (including phenoxy) is 8. The molecule has 0 fully saturated rings. The van der Waals surface area contributed by atoms with Crippen LogP contribution in [0.25, 0.3) is 0 Å². The van der Waals surface area contributed by atoms with Gasteiger partial charge < -0.3 is 43.0 Å². The SMILES string of the molecule is CCCCCCCCCCCCOc1cc(COc2cc(OCc3cc(OCCCCCCCCCCCC)c(OCCCCCCCCCCCC)c(OCCCCCCCCCCCC)c3)cc(C(=O)O)c2)cc(OCCCCCCCCCCCC)c1OCCCCCCCCCCCC. The molecule has 0 aromatic heterocycles. The number of carboxylic acids is 1. The molecule has 0 spiro atoms. The molecule has 0 aliphatic heterocycles. The second kappa shape index (κ2) is 69.3. The number of benzene rings is 3. The maximum atomic E-state index is 12.9.